The number of fused-ring (bicyclic) bond motifs is 2. The molecule has 216 valence electrons. The summed E-state index contributed by atoms with van der Waals surface area (Å²) >= 11 is 8.00. The standard InChI is InChI=1S/C32H35ClN2O5S/c1-32(2,3)18-35-24-13-11-19(33)16-23(24)29(22-12-14-26(40-4)21-9-6-5-8-20(21)22)41-27(30(35)37)17-28(36)34-15-7-10-25(34)31(38)39/h5-6,8-9,11-14,16,25,27,29H,7,10,15,17-18H2,1-4H3,(H,38,39)/t25-,27?,29?/m0/s1. The Morgan fingerprint density at radius 1 is 1.07 bits per heavy atom. The first-order valence-corrected chi connectivity index (χ1v) is 15.1. The van der Waals surface area contributed by atoms with Crippen LogP contribution in [0.1, 0.15) is 56.4 Å². The number of ether oxygens (including phenoxy) is 1. The fraction of sp³-hybridized carbons (Fsp3) is 0.406. The minimum atomic E-state index is -1.00. The minimum Gasteiger partial charge on any atom is -0.496 e. The number of aliphatic carboxylic acids is 1. The van der Waals surface area contributed by atoms with Gasteiger partial charge in [-0.05, 0) is 59.0 Å². The molecule has 0 spiro atoms. The molecule has 3 aromatic rings. The van der Waals surface area contributed by atoms with Crippen LogP contribution in [0.25, 0.3) is 10.8 Å². The van der Waals surface area contributed by atoms with Gasteiger partial charge in [0.05, 0.1) is 17.6 Å². The van der Waals surface area contributed by atoms with Crippen LogP contribution in [-0.2, 0) is 14.4 Å². The number of hydrogen-bond acceptors (Lipinski definition) is 5. The van der Waals surface area contributed by atoms with Crippen LogP contribution in [0.5, 0.6) is 5.75 Å². The Labute approximate surface area is 249 Å². The van der Waals surface area contributed by atoms with E-state index in [0.29, 0.717) is 31.0 Å². The van der Waals surface area contributed by atoms with Crippen molar-refractivity contribution in [1.82, 2.24) is 4.90 Å². The summed E-state index contributed by atoms with van der Waals surface area (Å²) in [7, 11) is 1.64. The highest BCUT2D eigenvalue weighted by molar-refractivity contribution is 8.01. The maximum absolute atomic E-state index is 14.3. The molecule has 0 aromatic heterocycles. The number of carbonyl (C=O) groups excluding carboxylic acids is 2. The molecule has 3 atom stereocenters. The van der Waals surface area contributed by atoms with Crippen LogP contribution < -0.4 is 9.64 Å². The smallest absolute Gasteiger partial charge is 0.326 e. The van der Waals surface area contributed by atoms with Crippen LogP contribution in [0.2, 0.25) is 5.02 Å². The van der Waals surface area contributed by atoms with Crippen molar-refractivity contribution in [3.63, 3.8) is 0 Å². The number of methoxy groups -OCH3 is 1. The number of carboxylic acid groups (broad SMARTS) is 1. The first kappa shape index (κ1) is 29.3. The van der Waals surface area contributed by atoms with Gasteiger partial charge in [-0.3, -0.25) is 9.59 Å². The summed E-state index contributed by atoms with van der Waals surface area (Å²) in [5.74, 6) is -0.720. The van der Waals surface area contributed by atoms with Crippen molar-refractivity contribution < 1.29 is 24.2 Å². The van der Waals surface area contributed by atoms with Crippen LogP contribution in [0.4, 0.5) is 5.69 Å². The van der Waals surface area contributed by atoms with Crippen molar-refractivity contribution >= 4 is 57.6 Å². The topological polar surface area (TPSA) is 87.1 Å². The van der Waals surface area contributed by atoms with E-state index >= 15 is 0 Å². The van der Waals surface area contributed by atoms with Gasteiger partial charge in [-0.15, -0.1) is 11.8 Å². The van der Waals surface area contributed by atoms with Gasteiger partial charge in [-0.25, -0.2) is 4.79 Å². The van der Waals surface area contributed by atoms with Crippen molar-refractivity contribution in [2.45, 2.75) is 56.6 Å². The predicted octanol–water partition coefficient (Wildman–Crippen LogP) is 6.55. The Morgan fingerprint density at radius 2 is 1.80 bits per heavy atom. The molecule has 41 heavy (non-hydrogen) atoms. The number of nitrogens with zero attached hydrogens (tertiary/aromatic N) is 2. The maximum Gasteiger partial charge on any atom is 0.326 e. The van der Waals surface area contributed by atoms with Gasteiger partial charge in [0, 0.05) is 35.6 Å². The highest BCUT2D eigenvalue weighted by Crippen LogP contribution is 2.50. The van der Waals surface area contributed by atoms with Crippen molar-refractivity contribution in [2.75, 3.05) is 25.1 Å². The van der Waals surface area contributed by atoms with E-state index in [4.69, 9.17) is 16.3 Å². The molecule has 5 rings (SSSR count). The number of anilines is 1. The molecule has 2 aliphatic heterocycles. The lowest BCUT2D eigenvalue weighted by Crippen LogP contribution is -2.45. The van der Waals surface area contributed by atoms with Crippen LogP contribution in [-0.4, -0.2) is 59.3 Å². The van der Waals surface area contributed by atoms with E-state index in [1.165, 1.54) is 16.7 Å². The second-order valence-corrected chi connectivity index (χ2v) is 13.6. The third-order valence-corrected chi connectivity index (χ3v) is 9.39. The zero-order chi connectivity index (χ0) is 29.5. The number of benzene rings is 3. The van der Waals surface area contributed by atoms with E-state index in [1.807, 2.05) is 48.5 Å². The number of likely N-dealkylation sites (tertiary alicyclic amines) is 1. The highest BCUT2D eigenvalue weighted by atomic mass is 35.5. The van der Waals surface area contributed by atoms with E-state index in [1.54, 1.807) is 18.1 Å². The molecule has 2 aliphatic rings. The number of rotatable bonds is 6. The summed E-state index contributed by atoms with van der Waals surface area (Å²) in [6.07, 6.45) is 0.975. The maximum atomic E-state index is 14.3. The van der Waals surface area contributed by atoms with E-state index in [0.717, 1.165) is 33.3 Å². The highest BCUT2D eigenvalue weighted by Gasteiger charge is 2.42. The quantitative estimate of drug-likeness (QED) is 0.348. The second-order valence-electron chi connectivity index (χ2n) is 11.9. The second kappa shape index (κ2) is 11.6. The average molecular weight is 595 g/mol. The largest absolute Gasteiger partial charge is 0.496 e. The van der Waals surface area contributed by atoms with Gasteiger partial charge in [0.25, 0.3) is 0 Å². The van der Waals surface area contributed by atoms with Gasteiger partial charge in [-0.2, -0.15) is 0 Å². The van der Waals surface area contributed by atoms with Gasteiger partial charge < -0.3 is 19.6 Å². The molecule has 3 aromatic carbocycles. The average Bonchev–Trinajstić information content (AvgIpc) is 3.40. The zero-order valence-corrected chi connectivity index (χ0v) is 25.3. The van der Waals surface area contributed by atoms with Gasteiger partial charge in [-0.1, -0.05) is 62.7 Å². The van der Waals surface area contributed by atoms with Crippen LogP contribution >= 0.6 is 23.4 Å². The van der Waals surface area contributed by atoms with Crippen molar-refractivity contribution in [1.29, 1.82) is 0 Å². The Hall–Kier alpha value is -3.23. The molecule has 9 heteroatoms. The molecule has 1 saturated heterocycles. The Balaban J connectivity index is 1.65. The molecular weight excluding hydrogens is 560 g/mol. The van der Waals surface area contributed by atoms with Gasteiger partial charge >= 0.3 is 5.97 Å². The summed E-state index contributed by atoms with van der Waals surface area (Å²) in [6, 6.07) is 16.7. The number of hydrogen-bond donors (Lipinski definition) is 1. The Bertz CT molecular complexity index is 1500. The lowest BCUT2D eigenvalue weighted by atomic mass is 9.93. The SMILES string of the molecule is COc1ccc(C2SC(CC(=O)N3CCC[C@H]3C(=O)O)C(=O)N(CC(C)(C)C)c3ccc(Cl)cc32)c2ccccc12. The summed E-state index contributed by atoms with van der Waals surface area (Å²) in [4.78, 5) is 43.0. The normalized spacial score (nSPS) is 21.1. The summed E-state index contributed by atoms with van der Waals surface area (Å²) in [5.41, 5.74) is 2.44. The summed E-state index contributed by atoms with van der Waals surface area (Å²) in [5, 5.41) is 11.1. The van der Waals surface area contributed by atoms with E-state index in [9.17, 15) is 19.5 Å². The Morgan fingerprint density at radius 3 is 2.49 bits per heavy atom. The molecule has 7 nitrogen and oxygen atoms in total. The van der Waals surface area contributed by atoms with E-state index in [2.05, 4.69) is 20.8 Å². The van der Waals surface area contributed by atoms with Gasteiger partial charge in [0.2, 0.25) is 11.8 Å². The fourth-order valence-corrected chi connectivity index (χ4v) is 7.56. The lowest BCUT2D eigenvalue weighted by Gasteiger charge is -2.32. The molecule has 2 unspecified atom stereocenters. The van der Waals surface area contributed by atoms with Crippen LogP contribution in [0.3, 0.4) is 0 Å². The molecule has 0 aliphatic carbocycles. The molecular formula is C32H35ClN2O5S. The Kier molecular flexibility index (Phi) is 8.26. The number of halogens is 1. The molecule has 2 amide bonds. The molecule has 2 heterocycles. The van der Waals surface area contributed by atoms with Crippen LogP contribution in [0.15, 0.2) is 54.6 Å². The molecule has 0 bridgehead atoms. The van der Waals surface area contributed by atoms with E-state index < -0.39 is 17.3 Å². The number of thioether (sulfide) groups is 1. The monoisotopic (exact) mass is 594 g/mol. The predicted molar refractivity (Wildman–Crippen MR) is 164 cm³/mol. The molecule has 0 saturated carbocycles. The first-order chi connectivity index (χ1) is 19.5. The first-order valence-electron chi connectivity index (χ1n) is 13.8. The van der Waals surface area contributed by atoms with Crippen molar-refractivity contribution in [2.24, 2.45) is 5.41 Å². The number of amides is 2. The van der Waals surface area contributed by atoms with Crippen molar-refractivity contribution in [3.05, 3.63) is 70.7 Å². The number of carbonyl (C=O) groups is 3. The van der Waals surface area contributed by atoms with Crippen LogP contribution in [0, 0.1) is 5.41 Å². The van der Waals surface area contributed by atoms with E-state index in [-0.39, 0.29) is 28.9 Å². The summed E-state index contributed by atoms with van der Waals surface area (Å²) < 4.78 is 5.64. The zero-order valence-electron chi connectivity index (χ0n) is 23.7. The number of carboxylic acids is 1. The van der Waals surface area contributed by atoms with Crippen molar-refractivity contribution in [3.8, 4) is 5.75 Å². The molecule has 1 N–H and O–H groups in total. The third-order valence-electron chi connectivity index (χ3n) is 7.68. The third kappa shape index (κ3) is 5.90. The van der Waals surface area contributed by atoms with Gasteiger partial charge in [0.1, 0.15) is 11.8 Å². The fourth-order valence-electron chi connectivity index (χ4n) is 5.88. The minimum absolute atomic E-state index is 0.0831. The molecule has 0 radical (unpaired) electrons. The summed E-state index contributed by atoms with van der Waals surface area (Å²) in [6.45, 7) is 7.05. The van der Waals surface area contributed by atoms with Gasteiger partial charge in [0.15, 0.2) is 0 Å². The molecule has 1 fully saturated rings. The lowest BCUT2D eigenvalue weighted by molar-refractivity contribution is -0.148.